The van der Waals surface area contributed by atoms with Gasteiger partial charge in [0.2, 0.25) is 0 Å². The first kappa shape index (κ1) is 17.1. The SMILES string of the molecule is O=C(COc1ccc2ccc(=O)oc2c1)N1CCC(N2CCCCC2)C1. The van der Waals surface area contributed by atoms with Gasteiger partial charge in [0.25, 0.3) is 5.91 Å². The van der Waals surface area contributed by atoms with E-state index in [-0.39, 0.29) is 12.5 Å². The number of carbonyl (C=O) groups is 1. The molecule has 1 aromatic carbocycles. The normalized spacial score (nSPS) is 21.2. The van der Waals surface area contributed by atoms with Gasteiger partial charge in [-0.3, -0.25) is 9.69 Å². The molecule has 138 valence electrons. The summed E-state index contributed by atoms with van der Waals surface area (Å²) in [5.74, 6) is 0.547. The third kappa shape index (κ3) is 3.75. The van der Waals surface area contributed by atoms with Crippen molar-refractivity contribution >= 4 is 16.9 Å². The minimum atomic E-state index is -0.397. The summed E-state index contributed by atoms with van der Waals surface area (Å²) in [5, 5.41) is 0.826. The van der Waals surface area contributed by atoms with Gasteiger partial charge in [-0.15, -0.1) is 0 Å². The highest BCUT2D eigenvalue weighted by Crippen LogP contribution is 2.22. The monoisotopic (exact) mass is 356 g/mol. The highest BCUT2D eigenvalue weighted by Gasteiger charge is 2.30. The molecule has 1 atom stereocenters. The van der Waals surface area contributed by atoms with Crippen LogP contribution in [0.3, 0.4) is 0 Å². The number of fused-ring (bicyclic) bond motifs is 1. The predicted octanol–water partition coefficient (Wildman–Crippen LogP) is 2.26. The Morgan fingerprint density at radius 1 is 1.12 bits per heavy atom. The molecule has 0 radical (unpaired) electrons. The Morgan fingerprint density at radius 3 is 2.77 bits per heavy atom. The lowest BCUT2D eigenvalue weighted by molar-refractivity contribution is -0.132. The smallest absolute Gasteiger partial charge is 0.336 e. The lowest BCUT2D eigenvalue weighted by Gasteiger charge is -2.32. The number of nitrogens with zero attached hydrogens (tertiary/aromatic N) is 2. The molecule has 2 aliphatic heterocycles. The van der Waals surface area contributed by atoms with Gasteiger partial charge in [0.05, 0.1) is 0 Å². The molecule has 1 unspecified atom stereocenters. The van der Waals surface area contributed by atoms with Crippen molar-refractivity contribution in [3.63, 3.8) is 0 Å². The van der Waals surface area contributed by atoms with E-state index in [9.17, 15) is 9.59 Å². The van der Waals surface area contributed by atoms with Crippen LogP contribution in [0, 0.1) is 0 Å². The van der Waals surface area contributed by atoms with Crippen LogP contribution in [-0.2, 0) is 4.79 Å². The molecular formula is C20H24N2O4. The zero-order valence-electron chi connectivity index (χ0n) is 14.9. The summed E-state index contributed by atoms with van der Waals surface area (Å²) in [6.07, 6.45) is 4.91. The van der Waals surface area contributed by atoms with E-state index in [4.69, 9.17) is 9.15 Å². The average molecular weight is 356 g/mol. The maximum absolute atomic E-state index is 12.5. The fraction of sp³-hybridized carbons (Fsp3) is 0.500. The Hall–Kier alpha value is -2.34. The van der Waals surface area contributed by atoms with E-state index < -0.39 is 5.63 Å². The molecule has 6 nitrogen and oxygen atoms in total. The summed E-state index contributed by atoms with van der Waals surface area (Å²) in [6, 6.07) is 8.86. The van der Waals surface area contributed by atoms with Gasteiger partial charge < -0.3 is 14.1 Å². The number of benzene rings is 1. The highest BCUT2D eigenvalue weighted by atomic mass is 16.5. The fourth-order valence-electron chi connectivity index (χ4n) is 3.92. The van der Waals surface area contributed by atoms with Gasteiger partial charge >= 0.3 is 5.63 Å². The van der Waals surface area contributed by atoms with E-state index in [0.717, 1.165) is 38.0 Å². The number of ether oxygens (including phenoxy) is 1. The van der Waals surface area contributed by atoms with Crippen molar-refractivity contribution in [2.45, 2.75) is 31.7 Å². The Bertz CT molecular complexity index is 841. The first-order chi connectivity index (χ1) is 12.7. The average Bonchev–Trinajstić information content (AvgIpc) is 3.17. The number of hydrogen-bond donors (Lipinski definition) is 0. The quantitative estimate of drug-likeness (QED) is 0.787. The summed E-state index contributed by atoms with van der Waals surface area (Å²) in [6.45, 7) is 3.93. The van der Waals surface area contributed by atoms with Gasteiger partial charge in [-0.2, -0.15) is 0 Å². The molecule has 1 amide bonds. The van der Waals surface area contributed by atoms with Crippen LogP contribution < -0.4 is 10.4 Å². The summed E-state index contributed by atoms with van der Waals surface area (Å²) in [4.78, 5) is 28.2. The lowest BCUT2D eigenvalue weighted by Crippen LogP contribution is -2.42. The van der Waals surface area contributed by atoms with Crippen LogP contribution in [-0.4, -0.2) is 54.5 Å². The molecular weight excluding hydrogens is 332 g/mol. The molecule has 1 aromatic heterocycles. The van der Waals surface area contributed by atoms with E-state index >= 15 is 0 Å². The molecule has 0 N–H and O–H groups in total. The Kier molecular flexibility index (Phi) is 4.93. The van der Waals surface area contributed by atoms with Crippen molar-refractivity contribution < 1.29 is 13.9 Å². The molecule has 2 aliphatic rings. The van der Waals surface area contributed by atoms with Crippen LogP contribution >= 0.6 is 0 Å². The van der Waals surface area contributed by atoms with Crippen molar-refractivity contribution in [2.75, 3.05) is 32.8 Å². The van der Waals surface area contributed by atoms with Crippen molar-refractivity contribution in [1.82, 2.24) is 9.80 Å². The lowest BCUT2D eigenvalue weighted by atomic mass is 10.1. The number of carbonyl (C=O) groups excluding carboxylic acids is 1. The van der Waals surface area contributed by atoms with E-state index in [1.807, 2.05) is 11.0 Å². The van der Waals surface area contributed by atoms with Crippen LogP contribution in [0.2, 0.25) is 0 Å². The topological polar surface area (TPSA) is 63.0 Å². The molecule has 2 fully saturated rings. The maximum Gasteiger partial charge on any atom is 0.336 e. The number of likely N-dealkylation sites (tertiary alicyclic amines) is 2. The molecule has 2 saturated heterocycles. The van der Waals surface area contributed by atoms with E-state index in [1.165, 1.54) is 25.3 Å². The largest absolute Gasteiger partial charge is 0.484 e. The molecule has 0 bridgehead atoms. The molecule has 0 spiro atoms. The van der Waals surface area contributed by atoms with Crippen LogP contribution in [0.4, 0.5) is 0 Å². The molecule has 4 rings (SSSR count). The van der Waals surface area contributed by atoms with E-state index in [1.54, 1.807) is 18.2 Å². The van der Waals surface area contributed by atoms with Crippen molar-refractivity contribution in [1.29, 1.82) is 0 Å². The van der Waals surface area contributed by atoms with Gasteiger partial charge in [-0.25, -0.2) is 4.79 Å². The molecule has 2 aromatic rings. The standard InChI is InChI=1S/C20H24N2O4/c23-19(22-11-8-16(13-22)21-9-2-1-3-10-21)14-25-17-6-4-15-5-7-20(24)26-18(15)12-17/h4-7,12,16H,1-3,8-11,13-14H2. The van der Waals surface area contributed by atoms with Gasteiger partial charge in [0.15, 0.2) is 6.61 Å². The van der Waals surface area contributed by atoms with Crippen molar-refractivity contribution in [3.05, 3.63) is 40.8 Å². The van der Waals surface area contributed by atoms with E-state index in [0.29, 0.717) is 17.4 Å². The molecule has 6 heteroatoms. The first-order valence-electron chi connectivity index (χ1n) is 9.37. The van der Waals surface area contributed by atoms with Crippen molar-refractivity contribution in [2.24, 2.45) is 0 Å². The van der Waals surface area contributed by atoms with Gasteiger partial charge in [-0.05, 0) is 50.6 Å². The third-order valence-electron chi connectivity index (χ3n) is 5.38. The molecule has 26 heavy (non-hydrogen) atoms. The predicted molar refractivity (Wildman–Crippen MR) is 98.4 cm³/mol. The number of piperidine rings is 1. The Balaban J connectivity index is 1.33. The molecule has 3 heterocycles. The maximum atomic E-state index is 12.5. The molecule has 0 aliphatic carbocycles. The number of rotatable bonds is 4. The van der Waals surface area contributed by atoms with Crippen LogP contribution in [0.15, 0.2) is 39.5 Å². The minimum Gasteiger partial charge on any atom is -0.484 e. The Morgan fingerprint density at radius 2 is 1.92 bits per heavy atom. The summed E-state index contributed by atoms with van der Waals surface area (Å²) in [7, 11) is 0. The van der Waals surface area contributed by atoms with Crippen LogP contribution in [0.25, 0.3) is 11.0 Å². The highest BCUT2D eigenvalue weighted by molar-refractivity contribution is 5.79. The minimum absolute atomic E-state index is 0.00922. The zero-order valence-corrected chi connectivity index (χ0v) is 14.9. The second kappa shape index (κ2) is 7.50. The van der Waals surface area contributed by atoms with Gasteiger partial charge in [0.1, 0.15) is 11.3 Å². The Labute approximate surface area is 152 Å². The fourth-order valence-corrected chi connectivity index (χ4v) is 3.92. The van der Waals surface area contributed by atoms with Gasteiger partial charge in [-0.1, -0.05) is 6.42 Å². The van der Waals surface area contributed by atoms with Gasteiger partial charge in [0, 0.05) is 36.7 Å². The summed E-state index contributed by atoms with van der Waals surface area (Å²) >= 11 is 0. The molecule has 0 saturated carbocycles. The van der Waals surface area contributed by atoms with E-state index in [2.05, 4.69) is 4.90 Å². The second-order valence-electron chi connectivity index (χ2n) is 7.12. The second-order valence-corrected chi connectivity index (χ2v) is 7.12. The van der Waals surface area contributed by atoms with Crippen LogP contribution in [0.1, 0.15) is 25.7 Å². The third-order valence-corrected chi connectivity index (χ3v) is 5.38. The van der Waals surface area contributed by atoms with Crippen LogP contribution in [0.5, 0.6) is 5.75 Å². The summed E-state index contributed by atoms with van der Waals surface area (Å²) in [5.41, 5.74) is 0.0698. The first-order valence-corrected chi connectivity index (χ1v) is 9.37. The number of hydrogen-bond acceptors (Lipinski definition) is 5. The summed E-state index contributed by atoms with van der Waals surface area (Å²) < 4.78 is 10.8. The van der Waals surface area contributed by atoms with Crippen molar-refractivity contribution in [3.8, 4) is 5.75 Å². The zero-order chi connectivity index (χ0) is 17.9. The number of amides is 1.